The first-order valence-electron chi connectivity index (χ1n) is 8.25. The van der Waals surface area contributed by atoms with Crippen molar-refractivity contribution in [3.8, 4) is 0 Å². The molecule has 0 bridgehead atoms. The molecular weight excluding hydrogens is 403 g/mol. The van der Waals surface area contributed by atoms with Crippen molar-refractivity contribution in [1.29, 1.82) is 0 Å². The third-order valence-electron chi connectivity index (χ3n) is 4.20. The van der Waals surface area contributed by atoms with E-state index in [0.29, 0.717) is 0 Å². The van der Waals surface area contributed by atoms with Crippen LogP contribution in [0.15, 0.2) is 21.2 Å². The number of rotatable bonds is 6. The molecule has 1 aromatic heterocycles. The van der Waals surface area contributed by atoms with Gasteiger partial charge in [-0.05, 0) is 52.4 Å². The first-order chi connectivity index (χ1) is 10.7. The lowest BCUT2D eigenvalue weighted by molar-refractivity contribution is 0.392. The Balaban J connectivity index is 0.00000264. The van der Waals surface area contributed by atoms with Crippen molar-refractivity contribution in [2.24, 2.45) is 4.99 Å². The van der Waals surface area contributed by atoms with E-state index in [1.54, 1.807) is 5.57 Å². The number of hydrogen-bond acceptors (Lipinski definition) is 3. The maximum absolute atomic E-state index is 5.18. The first-order valence-corrected chi connectivity index (χ1v) is 8.25. The molecule has 6 heteroatoms. The van der Waals surface area contributed by atoms with Crippen molar-refractivity contribution in [2.75, 3.05) is 20.1 Å². The second kappa shape index (κ2) is 10.7. The van der Waals surface area contributed by atoms with E-state index in [9.17, 15) is 0 Å². The SMILES string of the molecule is CN=C(NCCC1=CCCCC1)NCCc1c(C)noc1C.I. The molecule has 0 amide bonds. The molecule has 130 valence electrons. The molecule has 0 saturated heterocycles. The smallest absolute Gasteiger partial charge is 0.190 e. The van der Waals surface area contributed by atoms with Crippen LogP contribution in [0.2, 0.25) is 0 Å². The summed E-state index contributed by atoms with van der Waals surface area (Å²) in [7, 11) is 1.81. The van der Waals surface area contributed by atoms with Crippen LogP contribution < -0.4 is 10.6 Å². The average Bonchev–Trinajstić information content (AvgIpc) is 2.86. The third kappa shape index (κ3) is 6.53. The summed E-state index contributed by atoms with van der Waals surface area (Å²) in [5.74, 6) is 1.77. The van der Waals surface area contributed by atoms with Gasteiger partial charge in [-0.3, -0.25) is 4.99 Å². The van der Waals surface area contributed by atoms with Gasteiger partial charge in [0.05, 0.1) is 5.69 Å². The minimum atomic E-state index is 0. The number of halogens is 1. The van der Waals surface area contributed by atoms with E-state index in [4.69, 9.17) is 4.52 Å². The van der Waals surface area contributed by atoms with Gasteiger partial charge in [0.1, 0.15) is 5.76 Å². The molecule has 0 radical (unpaired) electrons. The topological polar surface area (TPSA) is 62.5 Å². The van der Waals surface area contributed by atoms with Gasteiger partial charge in [-0.15, -0.1) is 24.0 Å². The van der Waals surface area contributed by atoms with Crippen molar-refractivity contribution in [2.45, 2.75) is 52.4 Å². The zero-order valence-corrected chi connectivity index (χ0v) is 16.8. The van der Waals surface area contributed by atoms with E-state index in [1.165, 1.54) is 31.2 Å². The predicted octanol–water partition coefficient (Wildman–Crippen LogP) is 3.51. The second-order valence-electron chi connectivity index (χ2n) is 5.84. The van der Waals surface area contributed by atoms with Gasteiger partial charge in [-0.2, -0.15) is 0 Å². The van der Waals surface area contributed by atoms with Gasteiger partial charge in [0.2, 0.25) is 0 Å². The molecule has 1 aromatic rings. The molecule has 0 atom stereocenters. The first kappa shape index (κ1) is 20.0. The highest BCUT2D eigenvalue weighted by atomic mass is 127. The molecule has 2 N–H and O–H groups in total. The molecule has 1 aliphatic rings. The highest BCUT2D eigenvalue weighted by Crippen LogP contribution is 2.19. The van der Waals surface area contributed by atoms with Crippen molar-refractivity contribution in [1.82, 2.24) is 15.8 Å². The van der Waals surface area contributed by atoms with Crippen molar-refractivity contribution >= 4 is 29.9 Å². The molecule has 0 fully saturated rings. The number of aryl methyl sites for hydroxylation is 2. The fourth-order valence-corrected chi connectivity index (χ4v) is 2.86. The molecule has 1 heterocycles. The maximum Gasteiger partial charge on any atom is 0.190 e. The van der Waals surface area contributed by atoms with Gasteiger partial charge in [0.25, 0.3) is 0 Å². The van der Waals surface area contributed by atoms with E-state index >= 15 is 0 Å². The van der Waals surface area contributed by atoms with Crippen LogP contribution in [0.5, 0.6) is 0 Å². The number of nitrogens with one attached hydrogen (secondary N) is 2. The second-order valence-corrected chi connectivity index (χ2v) is 5.84. The number of allylic oxidation sites excluding steroid dienone is 1. The fraction of sp³-hybridized carbons (Fsp3) is 0.647. The summed E-state index contributed by atoms with van der Waals surface area (Å²) in [5.41, 5.74) is 3.76. The van der Waals surface area contributed by atoms with Gasteiger partial charge in [0, 0.05) is 25.7 Å². The van der Waals surface area contributed by atoms with Crippen LogP contribution in [-0.4, -0.2) is 31.3 Å². The van der Waals surface area contributed by atoms with Crippen molar-refractivity contribution in [3.63, 3.8) is 0 Å². The standard InChI is InChI=1S/C17H28N4O.HI/c1-13-16(14(2)22-21-13)10-12-20-17(18-3)19-11-9-15-7-5-4-6-8-15;/h7H,4-6,8-12H2,1-3H3,(H2,18,19,20);1H. The van der Waals surface area contributed by atoms with Crippen LogP contribution >= 0.6 is 24.0 Å². The summed E-state index contributed by atoms with van der Waals surface area (Å²) in [4.78, 5) is 4.27. The Bertz CT molecular complexity index is 517. The molecule has 0 aliphatic heterocycles. The van der Waals surface area contributed by atoms with E-state index in [1.807, 2.05) is 20.9 Å². The Kier molecular flexibility index (Phi) is 9.28. The van der Waals surface area contributed by atoms with Crippen molar-refractivity contribution < 1.29 is 4.52 Å². The average molecular weight is 432 g/mol. The molecule has 0 unspecified atom stereocenters. The zero-order valence-electron chi connectivity index (χ0n) is 14.4. The molecule has 0 aromatic carbocycles. The summed E-state index contributed by atoms with van der Waals surface area (Å²) >= 11 is 0. The molecule has 0 spiro atoms. The van der Waals surface area contributed by atoms with Gasteiger partial charge in [0.15, 0.2) is 5.96 Å². The molecule has 2 rings (SSSR count). The largest absolute Gasteiger partial charge is 0.361 e. The van der Waals surface area contributed by atoms with Crippen LogP contribution in [0, 0.1) is 13.8 Å². The minimum absolute atomic E-state index is 0. The van der Waals surface area contributed by atoms with Gasteiger partial charge in [-0.1, -0.05) is 16.8 Å². The number of hydrogen-bond donors (Lipinski definition) is 2. The number of guanidine groups is 1. The van der Waals surface area contributed by atoms with Crippen LogP contribution in [0.3, 0.4) is 0 Å². The van der Waals surface area contributed by atoms with E-state index < -0.39 is 0 Å². The summed E-state index contributed by atoms with van der Waals surface area (Å²) < 4.78 is 5.18. The van der Waals surface area contributed by atoms with Gasteiger partial charge >= 0.3 is 0 Å². The lowest BCUT2D eigenvalue weighted by Gasteiger charge is -2.15. The Labute approximate surface area is 156 Å². The molecule has 5 nitrogen and oxygen atoms in total. The third-order valence-corrected chi connectivity index (χ3v) is 4.20. The number of aliphatic imine (C=N–C) groups is 1. The number of nitrogens with zero attached hydrogens (tertiary/aromatic N) is 2. The van der Waals surface area contributed by atoms with E-state index in [0.717, 1.165) is 43.3 Å². The van der Waals surface area contributed by atoms with Gasteiger partial charge < -0.3 is 15.2 Å². The lowest BCUT2D eigenvalue weighted by Crippen LogP contribution is -2.38. The van der Waals surface area contributed by atoms with Crippen LogP contribution in [0.1, 0.15) is 49.1 Å². The summed E-state index contributed by atoms with van der Waals surface area (Å²) in [5, 5.41) is 10.7. The van der Waals surface area contributed by atoms with Crippen LogP contribution in [-0.2, 0) is 6.42 Å². The summed E-state index contributed by atoms with van der Waals surface area (Å²) in [6.45, 7) is 5.71. The lowest BCUT2D eigenvalue weighted by atomic mass is 9.97. The highest BCUT2D eigenvalue weighted by Gasteiger charge is 2.09. The van der Waals surface area contributed by atoms with Crippen molar-refractivity contribution in [3.05, 3.63) is 28.7 Å². The van der Waals surface area contributed by atoms with Crippen LogP contribution in [0.25, 0.3) is 0 Å². The van der Waals surface area contributed by atoms with Crippen LogP contribution in [0.4, 0.5) is 0 Å². The molecule has 1 aliphatic carbocycles. The Morgan fingerprint density at radius 3 is 2.52 bits per heavy atom. The molecular formula is C17H29IN4O. The zero-order chi connectivity index (χ0) is 15.8. The highest BCUT2D eigenvalue weighted by molar-refractivity contribution is 14.0. The van der Waals surface area contributed by atoms with E-state index in [2.05, 4.69) is 26.9 Å². The Morgan fingerprint density at radius 1 is 1.22 bits per heavy atom. The minimum Gasteiger partial charge on any atom is -0.361 e. The normalized spacial score (nSPS) is 14.9. The Hall–Kier alpha value is -1.05. The molecule has 0 saturated carbocycles. The number of aromatic nitrogens is 1. The maximum atomic E-state index is 5.18. The molecule has 23 heavy (non-hydrogen) atoms. The fourth-order valence-electron chi connectivity index (χ4n) is 2.86. The summed E-state index contributed by atoms with van der Waals surface area (Å²) in [6.07, 6.45) is 9.62. The van der Waals surface area contributed by atoms with Gasteiger partial charge in [-0.25, -0.2) is 0 Å². The monoisotopic (exact) mass is 432 g/mol. The summed E-state index contributed by atoms with van der Waals surface area (Å²) in [6, 6.07) is 0. The quantitative estimate of drug-likeness (QED) is 0.313. The van der Waals surface area contributed by atoms with E-state index in [-0.39, 0.29) is 24.0 Å². The predicted molar refractivity (Wildman–Crippen MR) is 106 cm³/mol. The Morgan fingerprint density at radius 2 is 1.96 bits per heavy atom.